The Labute approximate surface area is 138 Å². The van der Waals surface area contributed by atoms with Gasteiger partial charge in [0.1, 0.15) is 5.75 Å². The maximum atomic E-state index is 6.17. The molecule has 1 fully saturated rings. The van der Waals surface area contributed by atoms with Gasteiger partial charge in [-0.05, 0) is 31.0 Å². The zero-order valence-corrected chi connectivity index (χ0v) is 14.2. The van der Waals surface area contributed by atoms with Gasteiger partial charge in [0.2, 0.25) is 0 Å². The van der Waals surface area contributed by atoms with Crippen LogP contribution < -0.4 is 15.4 Å². The first-order valence-electron chi connectivity index (χ1n) is 8.08. The number of nitrogens with zero attached hydrogens (tertiary/aromatic N) is 3. The number of piperazine rings is 1. The molecule has 1 saturated heterocycles. The summed E-state index contributed by atoms with van der Waals surface area (Å²) in [5, 5.41) is 0. The van der Waals surface area contributed by atoms with Gasteiger partial charge >= 0.3 is 0 Å². The molecule has 1 aromatic rings. The van der Waals surface area contributed by atoms with Crippen molar-refractivity contribution < 1.29 is 4.74 Å². The molecule has 2 aliphatic heterocycles. The molecule has 0 aliphatic carbocycles. The Kier molecular flexibility index (Phi) is 4.48. The van der Waals surface area contributed by atoms with Crippen LogP contribution in [0.1, 0.15) is 5.56 Å². The topological polar surface area (TPSA) is 45.0 Å². The van der Waals surface area contributed by atoms with Crippen LogP contribution in [0.4, 0.5) is 11.4 Å². The van der Waals surface area contributed by atoms with Crippen molar-refractivity contribution in [1.29, 1.82) is 0 Å². The lowest BCUT2D eigenvalue weighted by atomic mass is 9.99. The van der Waals surface area contributed by atoms with Crippen molar-refractivity contribution in [1.82, 2.24) is 9.80 Å². The average molecular weight is 314 g/mol. The predicted molar refractivity (Wildman–Crippen MR) is 96.9 cm³/mol. The fraction of sp³-hybridized carbons (Fsp3) is 0.444. The number of nitrogens with two attached hydrogens (primary N) is 1. The van der Waals surface area contributed by atoms with E-state index in [1.807, 2.05) is 6.07 Å². The second-order valence-electron chi connectivity index (χ2n) is 6.32. The molecule has 0 radical (unpaired) electrons. The Morgan fingerprint density at radius 3 is 2.43 bits per heavy atom. The monoisotopic (exact) mass is 314 g/mol. The van der Waals surface area contributed by atoms with Gasteiger partial charge in [-0.15, -0.1) is 0 Å². The third-order valence-electron chi connectivity index (χ3n) is 4.61. The van der Waals surface area contributed by atoms with Gasteiger partial charge in [-0.2, -0.15) is 0 Å². The van der Waals surface area contributed by atoms with Gasteiger partial charge in [0.15, 0.2) is 0 Å². The molecule has 0 aromatic heterocycles. The Balaban J connectivity index is 2.00. The van der Waals surface area contributed by atoms with Gasteiger partial charge in [0.05, 0.1) is 12.8 Å². The van der Waals surface area contributed by atoms with E-state index in [0.717, 1.165) is 38.5 Å². The first kappa shape index (κ1) is 15.7. The summed E-state index contributed by atoms with van der Waals surface area (Å²) in [6.45, 7) is 5.11. The van der Waals surface area contributed by atoms with E-state index in [4.69, 9.17) is 10.5 Å². The summed E-state index contributed by atoms with van der Waals surface area (Å²) in [5.41, 5.74) is 10.5. The molecular formula is C18H26N4O. The maximum absolute atomic E-state index is 6.17. The number of rotatable bonds is 3. The number of likely N-dealkylation sites (N-methyl/N-ethyl adjacent to an activating group) is 2. The van der Waals surface area contributed by atoms with Crippen LogP contribution in [0.2, 0.25) is 0 Å². The van der Waals surface area contributed by atoms with Crippen LogP contribution in [-0.4, -0.2) is 63.7 Å². The summed E-state index contributed by atoms with van der Waals surface area (Å²) in [4.78, 5) is 6.95. The lowest BCUT2D eigenvalue weighted by molar-refractivity contribution is 0.312. The zero-order chi connectivity index (χ0) is 16.4. The minimum atomic E-state index is 0.689. The fourth-order valence-corrected chi connectivity index (χ4v) is 3.08. The van der Waals surface area contributed by atoms with Gasteiger partial charge in [0, 0.05) is 57.1 Å². The van der Waals surface area contributed by atoms with Crippen molar-refractivity contribution in [2.24, 2.45) is 0 Å². The van der Waals surface area contributed by atoms with Gasteiger partial charge < -0.3 is 25.2 Å². The van der Waals surface area contributed by atoms with Crippen LogP contribution in [0.25, 0.3) is 5.57 Å². The highest BCUT2D eigenvalue weighted by molar-refractivity contribution is 5.86. The van der Waals surface area contributed by atoms with Gasteiger partial charge in [-0.3, -0.25) is 0 Å². The molecule has 0 unspecified atom stereocenters. The van der Waals surface area contributed by atoms with Crippen LogP contribution in [0, 0.1) is 0 Å². The molecule has 124 valence electrons. The van der Waals surface area contributed by atoms with E-state index in [0.29, 0.717) is 5.69 Å². The highest BCUT2D eigenvalue weighted by atomic mass is 16.5. The normalized spacial score (nSPS) is 19.0. The smallest absolute Gasteiger partial charge is 0.143 e. The van der Waals surface area contributed by atoms with Crippen molar-refractivity contribution >= 4 is 16.9 Å². The number of hydrogen-bond acceptors (Lipinski definition) is 5. The van der Waals surface area contributed by atoms with E-state index < -0.39 is 0 Å². The van der Waals surface area contributed by atoms with Crippen molar-refractivity contribution in [2.45, 2.75) is 0 Å². The Bertz CT molecular complexity index is 630. The fourth-order valence-electron chi connectivity index (χ4n) is 3.08. The quantitative estimate of drug-likeness (QED) is 0.863. The molecule has 5 heteroatoms. The number of allylic oxidation sites excluding steroid dienone is 2. The molecule has 2 heterocycles. The van der Waals surface area contributed by atoms with Crippen LogP contribution in [0.3, 0.4) is 0 Å². The second-order valence-corrected chi connectivity index (χ2v) is 6.32. The van der Waals surface area contributed by atoms with Crippen molar-refractivity contribution in [3.8, 4) is 5.75 Å². The van der Waals surface area contributed by atoms with Gasteiger partial charge in [-0.1, -0.05) is 6.08 Å². The Hall–Kier alpha value is -2.14. The van der Waals surface area contributed by atoms with E-state index in [1.54, 1.807) is 7.11 Å². The summed E-state index contributed by atoms with van der Waals surface area (Å²) in [6, 6.07) is 4.14. The summed E-state index contributed by atoms with van der Waals surface area (Å²) in [5.74, 6) is 0.750. The molecule has 0 atom stereocenters. The molecule has 3 rings (SSSR count). The molecular weight excluding hydrogens is 288 g/mol. The van der Waals surface area contributed by atoms with Crippen molar-refractivity contribution in [2.75, 3.05) is 64.6 Å². The predicted octanol–water partition coefficient (Wildman–Crippen LogP) is 1.87. The second kappa shape index (κ2) is 6.54. The lowest BCUT2D eigenvalue weighted by Gasteiger charge is -2.36. The third kappa shape index (κ3) is 3.29. The number of nitrogen functional groups attached to an aromatic ring is 1. The molecule has 0 spiro atoms. The summed E-state index contributed by atoms with van der Waals surface area (Å²) in [7, 11) is 5.92. The van der Waals surface area contributed by atoms with Crippen LogP contribution in [0.15, 0.2) is 30.5 Å². The molecule has 2 N–H and O–H groups in total. The molecule has 5 nitrogen and oxygen atoms in total. The van der Waals surface area contributed by atoms with Crippen molar-refractivity contribution in [3.05, 3.63) is 36.0 Å². The first-order chi connectivity index (χ1) is 11.1. The van der Waals surface area contributed by atoms with E-state index in [2.05, 4.69) is 53.2 Å². The minimum Gasteiger partial charge on any atom is -0.495 e. The SMILES string of the molecule is COc1cc(N2CCN(C)CC2)c(C2=CCN(C)C=C2)cc1N. The molecule has 0 amide bonds. The lowest BCUT2D eigenvalue weighted by Crippen LogP contribution is -2.44. The van der Waals surface area contributed by atoms with Crippen LogP contribution in [-0.2, 0) is 0 Å². The molecule has 0 saturated carbocycles. The molecule has 1 aromatic carbocycles. The standard InChI is InChI=1S/C18H26N4O/c1-20-6-4-14(5-7-20)15-12-16(19)18(23-3)13-17(15)22-10-8-21(2)9-11-22/h4-6,12-13H,7-11,19H2,1-3H3. The zero-order valence-electron chi connectivity index (χ0n) is 14.2. The van der Waals surface area contributed by atoms with E-state index >= 15 is 0 Å². The number of anilines is 2. The highest BCUT2D eigenvalue weighted by Gasteiger charge is 2.20. The maximum Gasteiger partial charge on any atom is 0.143 e. The van der Waals surface area contributed by atoms with Crippen LogP contribution in [0.5, 0.6) is 5.75 Å². The van der Waals surface area contributed by atoms with E-state index in [9.17, 15) is 0 Å². The average Bonchev–Trinajstić information content (AvgIpc) is 2.56. The molecule has 23 heavy (non-hydrogen) atoms. The number of ether oxygens (including phenoxy) is 1. The Morgan fingerprint density at radius 2 is 1.83 bits per heavy atom. The number of hydrogen-bond donors (Lipinski definition) is 1. The number of benzene rings is 1. The molecule has 0 bridgehead atoms. The highest BCUT2D eigenvalue weighted by Crippen LogP contribution is 2.37. The summed E-state index contributed by atoms with van der Waals surface area (Å²) < 4.78 is 5.45. The van der Waals surface area contributed by atoms with E-state index in [-0.39, 0.29) is 0 Å². The van der Waals surface area contributed by atoms with Gasteiger partial charge in [-0.25, -0.2) is 0 Å². The summed E-state index contributed by atoms with van der Waals surface area (Å²) in [6.07, 6.45) is 6.52. The largest absolute Gasteiger partial charge is 0.495 e. The van der Waals surface area contributed by atoms with Crippen LogP contribution >= 0.6 is 0 Å². The summed E-state index contributed by atoms with van der Waals surface area (Å²) >= 11 is 0. The first-order valence-corrected chi connectivity index (χ1v) is 8.08. The molecule has 2 aliphatic rings. The Morgan fingerprint density at radius 1 is 1.09 bits per heavy atom. The minimum absolute atomic E-state index is 0.689. The van der Waals surface area contributed by atoms with E-state index in [1.165, 1.54) is 16.8 Å². The third-order valence-corrected chi connectivity index (χ3v) is 4.61. The number of methoxy groups -OCH3 is 1. The van der Waals surface area contributed by atoms with Gasteiger partial charge in [0.25, 0.3) is 0 Å². The van der Waals surface area contributed by atoms with Crippen molar-refractivity contribution in [3.63, 3.8) is 0 Å².